The van der Waals surface area contributed by atoms with Crippen LogP contribution in [-0.4, -0.2) is 18.9 Å². The summed E-state index contributed by atoms with van der Waals surface area (Å²) in [4.78, 5) is 12.0. The van der Waals surface area contributed by atoms with Crippen molar-refractivity contribution in [2.24, 2.45) is 0 Å². The van der Waals surface area contributed by atoms with Gasteiger partial charge in [0.05, 0.1) is 4.34 Å². The van der Waals surface area contributed by atoms with Crippen LogP contribution in [0.4, 0.5) is 0 Å². The van der Waals surface area contributed by atoms with Gasteiger partial charge in [0.25, 0.3) is 0 Å². The maximum absolute atomic E-state index is 10.7. The molecule has 1 aromatic rings. The largest absolute Gasteiger partial charge is 0.316 e. The minimum atomic E-state index is 0.266. The van der Waals surface area contributed by atoms with E-state index in [9.17, 15) is 4.79 Å². The lowest BCUT2D eigenvalue weighted by atomic mass is 10.2. The Morgan fingerprint density at radius 3 is 2.87 bits per heavy atom. The van der Waals surface area contributed by atoms with Gasteiger partial charge in [0.15, 0.2) is 0 Å². The fraction of sp³-hybridized carbons (Fsp3) is 0.545. The lowest BCUT2D eigenvalue weighted by Crippen LogP contribution is -2.18. The first-order chi connectivity index (χ1) is 7.18. The van der Waals surface area contributed by atoms with Crippen LogP contribution in [0, 0.1) is 0 Å². The van der Waals surface area contributed by atoms with E-state index in [1.54, 1.807) is 18.3 Å². The van der Waals surface area contributed by atoms with Gasteiger partial charge >= 0.3 is 0 Å². The predicted octanol–water partition coefficient (Wildman–Crippen LogP) is 2.90. The van der Waals surface area contributed by atoms with E-state index in [-0.39, 0.29) is 5.78 Å². The van der Waals surface area contributed by atoms with Crippen LogP contribution in [0.25, 0.3) is 0 Å². The summed E-state index contributed by atoms with van der Waals surface area (Å²) in [5.41, 5.74) is 0. The van der Waals surface area contributed by atoms with E-state index in [0.717, 1.165) is 30.3 Å². The predicted molar refractivity (Wildman–Crippen MR) is 65.8 cm³/mol. The Morgan fingerprint density at radius 2 is 2.27 bits per heavy atom. The molecular formula is C11H16ClNOS. The Morgan fingerprint density at radius 1 is 1.47 bits per heavy atom. The van der Waals surface area contributed by atoms with Crippen molar-refractivity contribution >= 4 is 28.7 Å². The van der Waals surface area contributed by atoms with E-state index in [0.29, 0.717) is 6.42 Å². The van der Waals surface area contributed by atoms with Gasteiger partial charge in [-0.25, -0.2) is 0 Å². The zero-order valence-electron chi connectivity index (χ0n) is 8.88. The van der Waals surface area contributed by atoms with E-state index in [2.05, 4.69) is 11.4 Å². The molecule has 0 aliphatic rings. The number of hydrogen-bond acceptors (Lipinski definition) is 3. The number of rotatable bonds is 7. The molecule has 1 heterocycles. The van der Waals surface area contributed by atoms with E-state index >= 15 is 0 Å². The zero-order valence-corrected chi connectivity index (χ0v) is 10.5. The zero-order chi connectivity index (χ0) is 11.1. The third-order valence-electron chi connectivity index (χ3n) is 2.06. The van der Waals surface area contributed by atoms with Crippen LogP contribution >= 0.6 is 22.9 Å². The van der Waals surface area contributed by atoms with E-state index in [1.165, 1.54) is 4.88 Å². The topological polar surface area (TPSA) is 29.1 Å². The summed E-state index contributed by atoms with van der Waals surface area (Å²) in [6.07, 6.45) is 2.62. The van der Waals surface area contributed by atoms with Gasteiger partial charge in [0.2, 0.25) is 0 Å². The van der Waals surface area contributed by atoms with Crippen molar-refractivity contribution < 1.29 is 4.79 Å². The summed E-state index contributed by atoms with van der Waals surface area (Å²) < 4.78 is 0.849. The molecule has 0 aliphatic heterocycles. The van der Waals surface area contributed by atoms with Gasteiger partial charge in [-0.2, -0.15) is 0 Å². The maximum Gasteiger partial charge on any atom is 0.129 e. The van der Waals surface area contributed by atoms with Crippen molar-refractivity contribution in [1.29, 1.82) is 0 Å². The highest BCUT2D eigenvalue weighted by molar-refractivity contribution is 7.16. The average molecular weight is 246 g/mol. The standard InChI is InChI=1S/C11H16ClNOS/c1-9(14)3-2-7-13-8-6-10-4-5-11(12)15-10/h4-5,13H,2-3,6-8H2,1H3. The van der Waals surface area contributed by atoms with Crippen molar-refractivity contribution in [2.75, 3.05) is 13.1 Å². The van der Waals surface area contributed by atoms with Crippen molar-refractivity contribution in [3.05, 3.63) is 21.3 Å². The maximum atomic E-state index is 10.7. The summed E-state index contributed by atoms with van der Waals surface area (Å²) in [5, 5.41) is 3.31. The second-order valence-electron chi connectivity index (χ2n) is 3.51. The molecule has 0 aliphatic carbocycles. The Balaban J connectivity index is 2.00. The molecule has 15 heavy (non-hydrogen) atoms. The number of ketones is 1. The number of hydrogen-bond donors (Lipinski definition) is 1. The van der Waals surface area contributed by atoms with Crippen molar-refractivity contribution in [2.45, 2.75) is 26.2 Å². The molecule has 84 valence electrons. The molecule has 0 saturated heterocycles. The first-order valence-electron chi connectivity index (χ1n) is 5.13. The number of carbonyl (C=O) groups excluding carboxylic acids is 1. The summed E-state index contributed by atoms with van der Waals surface area (Å²) >= 11 is 7.45. The van der Waals surface area contributed by atoms with Crippen molar-refractivity contribution in [1.82, 2.24) is 5.32 Å². The second kappa shape index (κ2) is 6.99. The Bertz CT molecular complexity index is 311. The molecule has 0 fully saturated rings. The highest BCUT2D eigenvalue weighted by Gasteiger charge is 1.97. The first-order valence-corrected chi connectivity index (χ1v) is 6.32. The highest BCUT2D eigenvalue weighted by atomic mass is 35.5. The lowest BCUT2D eigenvalue weighted by molar-refractivity contribution is -0.117. The molecule has 0 atom stereocenters. The molecule has 0 spiro atoms. The number of nitrogens with one attached hydrogen (secondary N) is 1. The smallest absolute Gasteiger partial charge is 0.129 e. The average Bonchev–Trinajstić information content (AvgIpc) is 2.57. The first kappa shape index (κ1) is 12.7. The van der Waals surface area contributed by atoms with Crippen LogP contribution in [0.5, 0.6) is 0 Å². The van der Waals surface area contributed by atoms with Gasteiger partial charge in [-0.05, 0) is 45.0 Å². The summed E-state index contributed by atoms with van der Waals surface area (Å²) in [5.74, 6) is 0.266. The molecule has 2 nitrogen and oxygen atoms in total. The minimum Gasteiger partial charge on any atom is -0.316 e. The summed E-state index contributed by atoms with van der Waals surface area (Å²) in [6, 6.07) is 3.99. The van der Waals surface area contributed by atoms with Gasteiger partial charge in [-0.1, -0.05) is 11.6 Å². The monoisotopic (exact) mass is 245 g/mol. The Kier molecular flexibility index (Phi) is 5.91. The molecule has 0 radical (unpaired) electrons. The SMILES string of the molecule is CC(=O)CCCNCCc1ccc(Cl)s1. The molecule has 1 N–H and O–H groups in total. The third kappa shape index (κ3) is 5.92. The minimum absolute atomic E-state index is 0.266. The van der Waals surface area contributed by atoms with Crippen LogP contribution in [0.15, 0.2) is 12.1 Å². The van der Waals surface area contributed by atoms with Gasteiger partial charge < -0.3 is 10.1 Å². The normalized spacial score (nSPS) is 10.5. The fourth-order valence-electron chi connectivity index (χ4n) is 1.29. The number of carbonyl (C=O) groups is 1. The molecule has 0 bridgehead atoms. The molecule has 0 amide bonds. The van der Waals surface area contributed by atoms with Crippen molar-refractivity contribution in [3.63, 3.8) is 0 Å². The summed E-state index contributed by atoms with van der Waals surface area (Å²) in [6.45, 7) is 3.50. The molecule has 0 saturated carbocycles. The van der Waals surface area contributed by atoms with Gasteiger partial charge in [0, 0.05) is 11.3 Å². The number of thiophene rings is 1. The van der Waals surface area contributed by atoms with E-state index < -0.39 is 0 Å². The van der Waals surface area contributed by atoms with Gasteiger partial charge in [-0.3, -0.25) is 0 Å². The van der Waals surface area contributed by atoms with Crippen LogP contribution in [0.1, 0.15) is 24.6 Å². The summed E-state index contributed by atoms with van der Waals surface area (Å²) in [7, 11) is 0. The molecule has 0 unspecified atom stereocenters. The van der Waals surface area contributed by atoms with Gasteiger partial charge in [0.1, 0.15) is 5.78 Å². The quantitative estimate of drug-likeness (QED) is 0.749. The molecule has 4 heteroatoms. The van der Waals surface area contributed by atoms with Crippen LogP contribution < -0.4 is 5.32 Å². The van der Waals surface area contributed by atoms with Crippen molar-refractivity contribution in [3.8, 4) is 0 Å². The van der Waals surface area contributed by atoms with Crippen LogP contribution in [-0.2, 0) is 11.2 Å². The van der Waals surface area contributed by atoms with Crippen LogP contribution in [0.2, 0.25) is 4.34 Å². The molecule has 1 rings (SSSR count). The van der Waals surface area contributed by atoms with E-state index in [4.69, 9.17) is 11.6 Å². The van der Waals surface area contributed by atoms with Crippen LogP contribution in [0.3, 0.4) is 0 Å². The lowest BCUT2D eigenvalue weighted by Gasteiger charge is -2.01. The molecular weight excluding hydrogens is 230 g/mol. The third-order valence-corrected chi connectivity index (χ3v) is 3.35. The molecule has 0 aromatic carbocycles. The Hall–Kier alpha value is -0.380. The highest BCUT2D eigenvalue weighted by Crippen LogP contribution is 2.21. The Labute approximate surface area is 99.6 Å². The molecule has 1 aromatic heterocycles. The number of Topliss-reactive ketones (excluding diaryl/α,β-unsaturated/α-hetero) is 1. The number of halogens is 1. The van der Waals surface area contributed by atoms with E-state index in [1.807, 2.05) is 6.07 Å². The van der Waals surface area contributed by atoms with Gasteiger partial charge in [-0.15, -0.1) is 11.3 Å². The fourth-order valence-corrected chi connectivity index (χ4v) is 2.37. The second-order valence-corrected chi connectivity index (χ2v) is 5.31.